The fourth-order valence-electron chi connectivity index (χ4n) is 3.51. The Hall–Kier alpha value is -1.65. The second-order valence-electron chi connectivity index (χ2n) is 6.40. The van der Waals surface area contributed by atoms with Crippen molar-refractivity contribution in [2.75, 3.05) is 13.2 Å². The average Bonchev–Trinajstić information content (AvgIpc) is 2.89. The SMILES string of the molecule is Cc1nc(CN(CCCO)[C@@H]2CCCc3ccccc32)oc1C. The molecule has 0 saturated heterocycles. The molecule has 0 spiro atoms. The highest BCUT2D eigenvalue weighted by Gasteiger charge is 2.26. The highest BCUT2D eigenvalue weighted by atomic mass is 16.4. The van der Waals surface area contributed by atoms with Crippen LogP contribution in [0.5, 0.6) is 0 Å². The number of benzene rings is 1. The minimum atomic E-state index is 0.217. The van der Waals surface area contributed by atoms with Crippen molar-refractivity contribution in [3.05, 3.63) is 52.7 Å². The molecule has 2 aromatic rings. The molecule has 4 nitrogen and oxygen atoms in total. The van der Waals surface area contributed by atoms with E-state index < -0.39 is 0 Å². The van der Waals surface area contributed by atoms with Crippen LogP contribution in [0.25, 0.3) is 0 Å². The van der Waals surface area contributed by atoms with Crippen molar-refractivity contribution in [3.8, 4) is 0 Å². The van der Waals surface area contributed by atoms with Crippen molar-refractivity contribution in [2.24, 2.45) is 0 Å². The van der Waals surface area contributed by atoms with Crippen molar-refractivity contribution in [1.29, 1.82) is 0 Å². The smallest absolute Gasteiger partial charge is 0.208 e. The van der Waals surface area contributed by atoms with Gasteiger partial charge in [-0.15, -0.1) is 0 Å². The van der Waals surface area contributed by atoms with Crippen LogP contribution in [0.3, 0.4) is 0 Å². The summed E-state index contributed by atoms with van der Waals surface area (Å²) in [5, 5.41) is 9.26. The molecular weight excluding hydrogens is 288 g/mol. The number of hydrogen-bond acceptors (Lipinski definition) is 4. The number of aryl methyl sites for hydroxylation is 3. The normalized spacial score (nSPS) is 17.5. The summed E-state index contributed by atoms with van der Waals surface area (Å²) >= 11 is 0. The molecule has 0 aliphatic heterocycles. The van der Waals surface area contributed by atoms with E-state index in [-0.39, 0.29) is 6.61 Å². The van der Waals surface area contributed by atoms with Crippen LogP contribution in [0.4, 0.5) is 0 Å². The first-order valence-electron chi connectivity index (χ1n) is 8.54. The number of rotatable bonds is 6. The summed E-state index contributed by atoms with van der Waals surface area (Å²) in [4.78, 5) is 6.95. The summed E-state index contributed by atoms with van der Waals surface area (Å²) in [7, 11) is 0. The summed E-state index contributed by atoms with van der Waals surface area (Å²) in [6, 6.07) is 9.13. The predicted octanol–water partition coefficient (Wildman–Crippen LogP) is 3.55. The molecule has 3 rings (SSSR count). The third-order valence-electron chi connectivity index (χ3n) is 4.79. The molecule has 0 unspecified atom stereocenters. The first kappa shape index (κ1) is 16.2. The minimum Gasteiger partial charge on any atom is -0.444 e. The Morgan fingerprint density at radius 1 is 1.30 bits per heavy atom. The highest BCUT2D eigenvalue weighted by molar-refractivity contribution is 5.32. The molecule has 4 heteroatoms. The standard InChI is InChI=1S/C19H26N2O2/c1-14-15(2)23-19(20-14)13-21(11-6-12-22)18-10-5-8-16-7-3-4-9-17(16)18/h3-4,7,9,18,22H,5-6,8,10-13H2,1-2H3/t18-/m1/s1. The van der Waals surface area contributed by atoms with Gasteiger partial charge in [0.1, 0.15) is 5.76 Å². The van der Waals surface area contributed by atoms with Gasteiger partial charge in [0, 0.05) is 19.2 Å². The largest absolute Gasteiger partial charge is 0.444 e. The predicted molar refractivity (Wildman–Crippen MR) is 90.2 cm³/mol. The molecule has 1 aromatic heterocycles. The van der Waals surface area contributed by atoms with Gasteiger partial charge in [-0.25, -0.2) is 4.98 Å². The monoisotopic (exact) mass is 314 g/mol. The summed E-state index contributed by atoms with van der Waals surface area (Å²) < 4.78 is 5.79. The molecule has 1 heterocycles. The number of aliphatic hydroxyl groups is 1. The maximum atomic E-state index is 9.26. The number of nitrogens with zero attached hydrogens (tertiary/aromatic N) is 2. The zero-order chi connectivity index (χ0) is 16.2. The van der Waals surface area contributed by atoms with Gasteiger partial charge in [0.2, 0.25) is 5.89 Å². The fraction of sp³-hybridized carbons (Fsp3) is 0.526. The molecule has 1 N–H and O–H groups in total. The lowest BCUT2D eigenvalue weighted by Crippen LogP contribution is -2.32. The lowest BCUT2D eigenvalue weighted by atomic mass is 9.86. The highest BCUT2D eigenvalue weighted by Crippen LogP contribution is 2.35. The fourth-order valence-corrected chi connectivity index (χ4v) is 3.51. The molecule has 1 aliphatic carbocycles. The average molecular weight is 314 g/mol. The van der Waals surface area contributed by atoms with E-state index in [1.54, 1.807) is 0 Å². The van der Waals surface area contributed by atoms with Gasteiger partial charge in [-0.3, -0.25) is 4.90 Å². The first-order valence-corrected chi connectivity index (χ1v) is 8.54. The summed E-state index contributed by atoms with van der Waals surface area (Å²) in [5.41, 5.74) is 3.85. The van der Waals surface area contributed by atoms with E-state index in [4.69, 9.17) is 4.42 Å². The van der Waals surface area contributed by atoms with Crippen molar-refractivity contribution in [2.45, 2.75) is 52.1 Å². The molecule has 0 radical (unpaired) electrons. The number of fused-ring (bicyclic) bond motifs is 1. The Labute approximate surface area is 138 Å². The minimum absolute atomic E-state index is 0.217. The summed E-state index contributed by atoms with van der Waals surface area (Å²) in [5.74, 6) is 1.67. The summed E-state index contributed by atoms with van der Waals surface area (Å²) in [6.45, 7) is 5.72. The molecule has 124 valence electrons. The number of aromatic nitrogens is 1. The Balaban J connectivity index is 1.84. The maximum Gasteiger partial charge on any atom is 0.208 e. The lowest BCUT2D eigenvalue weighted by molar-refractivity contribution is 0.139. The van der Waals surface area contributed by atoms with Crippen LogP contribution in [-0.2, 0) is 13.0 Å². The zero-order valence-corrected chi connectivity index (χ0v) is 14.1. The van der Waals surface area contributed by atoms with Crippen molar-refractivity contribution < 1.29 is 9.52 Å². The molecule has 23 heavy (non-hydrogen) atoms. The molecule has 0 fully saturated rings. The van der Waals surface area contributed by atoms with E-state index in [0.29, 0.717) is 12.6 Å². The number of aliphatic hydroxyl groups excluding tert-OH is 1. The Morgan fingerprint density at radius 2 is 2.13 bits per heavy atom. The third kappa shape index (κ3) is 3.65. The Morgan fingerprint density at radius 3 is 2.87 bits per heavy atom. The quantitative estimate of drug-likeness (QED) is 0.886. The van der Waals surface area contributed by atoms with Crippen molar-refractivity contribution in [1.82, 2.24) is 9.88 Å². The summed E-state index contributed by atoms with van der Waals surface area (Å²) in [6.07, 6.45) is 4.30. The van der Waals surface area contributed by atoms with Crippen LogP contribution in [0.2, 0.25) is 0 Å². The molecule has 0 bridgehead atoms. The van der Waals surface area contributed by atoms with E-state index in [0.717, 1.165) is 43.2 Å². The third-order valence-corrected chi connectivity index (χ3v) is 4.79. The van der Waals surface area contributed by atoms with Crippen LogP contribution < -0.4 is 0 Å². The van der Waals surface area contributed by atoms with Crippen LogP contribution in [-0.4, -0.2) is 28.1 Å². The first-order chi connectivity index (χ1) is 11.2. The number of hydrogen-bond donors (Lipinski definition) is 1. The van der Waals surface area contributed by atoms with E-state index in [1.807, 2.05) is 13.8 Å². The molecule has 1 atom stereocenters. The van der Waals surface area contributed by atoms with Crippen molar-refractivity contribution >= 4 is 0 Å². The van der Waals surface area contributed by atoms with Crippen molar-refractivity contribution in [3.63, 3.8) is 0 Å². The van der Waals surface area contributed by atoms with E-state index in [1.165, 1.54) is 17.5 Å². The van der Waals surface area contributed by atoms with Crippen LogP contribution in [0.15, 0.2) is 28.7 Å². The van der Waals surface area contributed by atoms with Gasteiger partial charge < -0.3 is 9.52 Å². The van der Waals surface area contributed by atoms with Gasteiger partial charge in [-0.05, 0) is 50.7 Å². The zero-order valence-electron chi connectivity index (χ0n) is 14.1. The maximum absolute atomic E-state index is 9.26. The molecular formula is C19H26N2O2. The van der Waals surface area contributed by atoms with Gasteiger partial charge in [0.25, 0.3) is 0 Å². The van der Waals surface area contributed by atoms with Gasteiger partial charge in [-0.1, -0.05) is 24.3 Å². The van der Waals surface area contributed by atoms with Crippen LogP contribution in [0, 0.1) is 13.8 Å². The van der Waals surface area contributed by atoms with Crippen LogP contribution >= 0.6 is 0 Å². The number of oxazole rings is 1. The Bertz CT molecular complexity index is 631. The molecule has 1 aromatic carbocycles. The van der Waals surface area contributed by atoms with E-state index in [9.17, 15) is 5.11 Å². The van der Waals surface area contributed by atoms with Gasteiger partial charge in [-0.2, -0.15) is 0 Å². The van der Waals surface area contributed by atoms with Gasteiger partial charge in [0.05, 0.1) is 12.2 Å². The Kier molecular flexibility index (Phi) is 5.13. The second-order valence-corrected chi connectivity index (χ2v) is 6.40. The van der Waals surface area contributed by atoms with E-state index >= 15 is 0 Å². The second kappa shape index (κ2) is 7.28. The van der Waals surface area contributed by atoms with Gasteiger partial charge in [0.15, 0.2) is 0 Å². The lowest BCUT2D eigenvalue weighted by Gasteiger charge is -2.35. The molecule has 0 saturated carbocycles. The topological polar surface area (TPSA) is 49.5 Å². The van der Waals surface area contributed by atoms with Crippen LogP contribution in [0.1, 0.15) is 53.8 Å². The molecule has 0 amide bonds. The van der Waals surface area contributed by atoms with E-state index in [2.05, 4.69) is 34.1 Å². The van der Waals surface area contributed by atoms with Gasteiger partial charge >= 0.3 is 0 Å². The molecule has 1 aliphatic rings.